The minimum Gasteiger partial charge on any atom is -0.201 e. The zero-order chi connectivity index (χ0) is 16.6. The van der Waals surface area contributed by atoms with Crippen molar-refractivity contribution in [1.82, 2.24) is 0 Å². The maximum atomic E-state index is 2.30. The number of aryl methyl sites for hydroxylation is 4. The Labute approximate surface area is 139 Å². The summed E-state index contributed by atoms with van der Waals surface area (Å²) in [5.74, 6) is 0. The Balaban J connectivity index is 2.17. The van der Waals surface area contributed by atoms with E-state index < -0.39 is 0 Å². The number of pyridine rings is 1. The normalized spacial score (nSPS) is 10.8. The van der Waals surface area contributed by atoms with Crippen LogP contribution < -0.4 is 4.57 Å². The van der Waals surface area contributed by atoms with Gasteiger partial charge in [0.05, 0.1) is 0 Å². The molecule has 0 aliphatic carbocycles. The molecule has 0 atom stereocenters. The van der Waals surface area contributed by atoms with Crippen LogP contribution in [0.15, 0.2) is 54.7 Å². The van der Waals surface area contributed by atoms with Crippen LogP contribution in [0.1, 0.15) is 22.3 Å². The molecule has 2 aromatic carbocycles. The highest BCUT2D eigenvalue weighted by Crippen LogP contribution is 2.28. The predicted molar refractivity (Wildman–Crippen MR) is 97.4 cm³/mol. The molecule has 0 spiro atoms. The van der Waals surface area contributed by atoms with Gasteiger partial charge in [0.15, 0.2) is 6.20 Å². The van der Waals surface area contributed by atoms with Crippen molar-refractivity contribution in [2.45, 2.75) is 27.7 Å². The van der Waals surface area contributed by atoms with Crippen LogP contribution in [0.25, 0.3) is 22.4 Å². The van der Waals surface area contributed by atoms with Gasteiger partial charge >= 0.3 is 0 Å². The molecular weight excluding hydrogens is 278 g/mol. The highest BCUT2D eigenvalue weighted by Gasteiger charge is 2.14. The summed E-state index contributed by atoms with van der Waals surface area (Å²) < 4.78 is 2.19. The summed E-state index contributed by atoms with van der Waals surface area (Å²) in [6.45, 7) is 8.74. The van der Waals surface area contributed by atoms with Crippen LogP contribution in [-0.4, -0.2) is 0 Å². The maximum Gasteiger partial charge on any atom is 0.213 e. The van der Waals surface area contributed by atoms with Crippen molar-refractivity contribution in [3.8, 4) is 22.4 Å². The van der Waals surface area contributed by atoms with Gasteiger partial charge in [0.1, 0.15) is 7.05 Å². The first-order valence-corrected chi connectivity index (χ1v) is 8.11. The van der Waals surface area contributed by atoms with Crippen molar-refractivity contribution in [2.75, 3.05) is 0 Å². The van der Waals surface area contributed by atoms with Crippen LogP contribution in [0.4, 0.5) is 0 Å². The van der Waals surface area contributed by atoms with Gasteiger partial charge in [0.25, 0.3) is 0 Å². The lowest BCUT2D eigenvalue weighted by Crippen LogP contribution is -2.30. The van der Waals surface area contributed by atoms with Crippen molar-refractivity contribution in [3.05, 3.63) is 77.0 Å². The number of aromatic nitrogens is 1. The molecule has 23 heavy (non-hydrogen) atoms. The number of hydrogen-bond donors (Lipinski definition) is 0. The Kier molecular flexibility index (Phi) is 4.04. The van der Waals surface area contributed by atoms with Gasteiger partial charge in [0.2, 0.25) is 5.69 Å². The van der Waals surface area contributed by atoms with E-state index in [4.69, 9.17) is 0 Å². The van der Waals surface area contributed by atoms with E-state index in [2.05, 4.69) is 94.0 Å². The Bertz CT molecular complexity index is 852. The molecule has 3 rings (SSSR count). The van der Waals surface area contributed by atoms with Crippen LogP contribution in [0, 0.1) is 27.7 Å². The van der Waals surface area contributed by atoms with Crippen molar-refractivity contribution < 1.29 is 4.57 Å². The summed E-state index contributed by atoms with van der Waals surface area (Å²) in [5, 5.41) is 0. The SMILES string of the molecule is Cc1ccccc1-c1cc(-c2cc(C)c(C)c(C)c2)cc[n+]1C. The van der Waals surface area contributed by atoms with Gasteiger partial charge in [0, 0.05) is 17.7 Å². The second-order valence-electron chi connectivity index (χ2n) is 6.46. The molecule has 0 saturated heterocycles. The van der Waals surface area contributed by atoms with Crippen LogP contribution >= 0.6 is 0 Å². The average Bonchev–Trinajstić information content (AvgIpc) is 2.53. The monoisotopic (exact) mass is 302 g/mol. The third-order valence-corrected chi connectivity index (χ3v) is 4.83. The van der Waals surface area contributed by atoms with Crippen molar-refractivity contribution in [3.63, 3.8) is 0 Å². The lowest BCUT2D eigenvalue weighted by Gasteiger charge is -2.10. The van der Waals surface area contributed by atoms with Gasteiger partial charge in [-0.05, 0) is 67.1 Å². The summed E-state index contributed by atoms with van der Waals surface area (Å²) in [5.41, 5.74) is 10.5. The van der Waals surface area contributed by atoms with E-state index in [-0.39, 0.29) is 0 Å². The second kappa shape index (κ2) is 6.00. The molecule has 0 aliphatic heterocycles. The van der Waals surface area contributed by atoms with Gasteiger partial charge in [-0.1, -0.05) is 30.3 Å². The van der Waals surface area contributed by atoms with E-state index >= 15 is 0 Å². The summed E-state index contributed by atoms with van der Waals surface area (Å²) >= 11 is 0. The van der Waals surface area contributed by atoms with E-state index in [1.165, 1.54) is 44.6 Å². The van der Waals surface area contributed by atoms with Crippen LogP contribution in [0.3, 0.4) is 0 Å². The lowest BCUT2D eigenvalue weighted by molar-refractivity contribution is -0.660. The molecule has 0 unspecified atom stereocenters. The second-order valence-corrected chi connectivity index (χ2v) is 6.46. The quantitative estimate of drug-likeness (QED) is 0.581. The smallest absolute Gasteiger partial charge is 0.201 e. The summed E-state index contributed by atoms with van der Waals surface area (Å²) in [7, 11) is 2.11. The standard InChI is InChI=1S/C22H24N/c1-15-8-6-7-9-21(15)22-14-19(10-11-23(22)5)20-12-16(2)18(4)17(3)13-20/h6-14H,1-5H3/q+1. The van der Waals surface area contributed by atoms with Gasteiger partial charge in [-0.3, -0.25) is 0 Å². The first kappa shape index (κ1) is 15.5. The topological polar surface area (TPSA) is 3.88 Å². The average molecular weight is 302 g/mol. The molecule has 3 aromatic rings. The summed E-state index contributed by atoms with van der Waals surface area (Å²) in [6.07, 6.45) is 2.15. The molecule has 1 heteroatoms. The van der Waals surface area contributed by atoms with Crippen LogP contribution in [-0.2, 0) is 7.05 Å². The number of rotatable bonds is 2. The number of hydrogen-bond acceptors (Lipinski definition) is 0. The predicted octanol–water partition coefficient (Wildman–Crippen LogP) is 5.08. The molecule has 0 saturated carbocycles. The van der Waals surface area contributed by atoms with Crippen molar-refractivity contribution in [2.24, 2.45) is 7.05 Å². The van der Waals surface area contributed by atoms with Gasteiger partial charge < -0.3 is 0 Å². The molecule has 0 radical (unpaired) electrons. The molecular formula is C22H24N+. The van der Waals surface area contributed by atoms with Gasteiger partial charge in [-0.2, -0.15) is 0 Å². The van der Waals surface area contributed by atoms with E-state index in [1.807, 2.05) is 0 Å². The fraction of sp³-hybridized carbons (Fsp3) is 0.227. The van der Waals surface area contributed by atoms with E-state index in [0.29, 0.717) is 0 Å². The van der Waals surface area contributed by atoms with E-state index in [9.17, 15) is 0 Å². The fourth-order valence-electron chi connectivity index (χ4n) is 3.08. The minimum absolute atomic E-state index is 1.25. The van der Waals surface area contributed by atoms with E-state index in [1.54, 1.807) is 0 Å². The van der Waals surface area contributed by atoms with Gasteiger partial charge in [-0.25, -0.2) is 4.57 Å². The fourth-order valence-corrected chi connectivity index (χ4v) is 3.08. The molecule has 1 nitrogen and oxygen atoms in total. The Morgan fingerprint density at radius 3 is 2.00 bits per heavy atom. The zero-order valence-electron chi connectivity index (χ0n) is 14.6. The third-order valence-electron chi connectivity index (χ3n) is 4.83. The molecule has 0 N–H and O–H groups in total. The first-order valence-electron chi connectivity index (χ1n) is 8.11. The van der Waals surface area contributed by atoms with Crippen LogP contribution in [0.2, 0.25) is 0 Å². The highest BCUT2D eigenvalue weighted by molar-refractivity contribution is 5.71. The third kappa shape index (κ3) is 2.92. The first-order chi connectivity index (χ1) is 11.0. The molecule has 1 heterocycles. The molecule has 1 aromatic heterocycles. The van der Waals surface area contributed by atoms with Crippen molar-refractivity contribution in [1.29, 1.82) is 0 Å². The molecule has 116 valence electrons. The Hall–Kier alpha value is -2.41. The highest BCUT2D eigenvalue weighted by atomic mass is 14.9. The molecule has 0 aliphatic rings. The Morgan fingerprint density at radius 1 is 0.696 bits per heavy atom. The largest absolute Gasteiger partial charge is 0.213 e. The lowest BCUT2D eigenvalue weighted by atomic mass is 9.95. The van der Waals surface area contributed by atoms with Crippen LogP contribution in [0.5, 0.6) is 0 Å². The number of nitrogens with zero attached hydrogens (tertiary/aromatic N) is 1. The maximum absolute atomic E-state index is 2.30. The Morgan fingerprint density at radius 2 is 1.35 bits per heavy atom. The minimum atomic E-state index is 1.25. The van der Waals surface area contributed by atoms with Gasteiger partial charge in [-0.15, -0.1) is 0 Å². The summed E-state index contributed by atoms with van der Waals surface area (Å²) in [6, 6.07) is 17.6. The zero-order valence-corrected chi connectivity index (χ0v) is 14.6. The number of benzene rings is 2. The van der Waals surface area contributed by atoms with E-state index in [0.717, 1.165) is 0 Å². The molecule has 0 bridgehead atoms. The summed E-state index contributed by atoms with van der Waals surface area (Å²) in [4.78, 5) is 0. The molecule has 0 fully saturated rings. The van der Waals surface area contributed by atoms with Crippen molar-refractivity contribution >= 4 is 0 Å². The molecule has 0 amide bonds.